The third kappa shape index (κ3) is 3.07. The highest BCUT2D eigenvalue weighted by atomic mass is 16.2. The molecule has 0 atom stereocenters. The number of likely N-dealkylation sites (tertiary alicyclic amines) is 1. The number of pyridine rings is 1. The normalized spacial score (nSPS) is 14.3. The Balaban J connectivity index is 1.54. The fourth-order valence-corrected chi connectivity index (χ4v) is 4.45. The molecule has 29 heavy (non-hydrogen) atoms. The van der Waals surface area contributed by atoms with Gasteiger partial charge < -0.3 is 4.90 Å². The lowest BCUT2D eigenvalue weighted by atomic mass is 10.1. The molecule has 0 saturated carbocycles. The number of para-hydroxylation sites is 1. The molecule has 1 saturated heterocycles. The van der Waals surface area contributed by atoms with E-state index in [-0.39, 0.29) is 11.8 Å². The van der Waals surface area contributed by atoms with Crippen molar-refractivity contribution in [1.29, 1.82) is 0 Å². The SMILES string of the molecule is CC(=O)n1c2ccccc2c2nc3ccc(CCC(=O)N4CCCC4)cc3cc21. The maximum absolute atomic E-state index is 12.3. The van der Waals surface area contributed by atoms with Gasteiger partial charge in [0.25, 0.3) is 0 Å². The minimum Gasteiger partial charge on any atom is -0.343 e. The van der Waals surface area contributed by atoms with E-state index in [9.17, 15) is 9.59 Å². The van der Waals surface area contributed by atoms with Gasteiger partial charge in [-0.05, 0) is 49.1 Å². The molecule has 0 N–H and O–H groups in total. The third-order valence-electron chi connectivity index (χ3n) is 5.90. The molecular weight excluding hydrogens is 362 g/mol. The van der Waals surface area contributed by atoms with Gasteiger partial charge >= 0.3 is 0 Å². The Bertz CT molecular complexity index is 1270. The lowest BCUT2D eigenvalue weighted by Gasteiger charge is -2.15. The van der Waals surface area contributed by atoms with Crippen LogP contribution in [0, 0.1) is 0 Å². The summed E-state index contributed by atoms with van der Waals surface area (Å²) in [5.41, 5.74) is 4.58. The Hall–Kier alpha value is -3.21. The van der Waals surface area contributed by atoms with Gasteiger partial charge in [-0.15, -0.1) is 0 Å². The number of aryl methyl sites for hydroxylation is 1. The molecule has 5 rings (SSSR count). The number of benzene rings is 2. The van der Waals surface area contributed by atoms with Crippen molar-refractivity contribution < 1.29 is 9.59 Å². The molecule has 1 aliphatic rings. The van der Waals surface area contributed by atoms with Crippen LogP contribution >= 0.6 is 0 Å². The van der Waals surface area contributed by atoms with E-state index in [0.29, 0.717) is 6.42 Å². The van der Waals surface area contributed by atoms with Gasteiger partial charge in [-0.25, -0.2) is 4.98 Å². The minimum atomic E-state index is -0.0234. The number of hydrogen-bond donors (Lipinski definition) is 0. The molecule has 0 radical (unpaired) electrons. The van der Waals surface area contributed by atoms with Gasteiger partial charge in [0.1, 0.15) is 0 Å². The predicted octanol–water partition coefficient (Wildman–Crippen LogP) is 4.56. The van der Waals surface area contributed by atoms with Crippen LogP contribution in [0.25, 0.3) is 32.8 Å². The summed E-state index contributed by atoms with van der Waals surface area (Å²) in [5.74, 6) is 0.220. The zero-order valence-corrected chi connectivity index (χ0v) is 16.5. The summed E-state index contributed by atoms with van der Waals surface area (Å²) in [6.07, 6.45) is 3.49. The predicted molar refractivity (Wildman–Crippen MR) is 115 cm³/mol. The number of fused-ring (bicyclic) bond motifs is 4. The molecule has 5 heteroatoms. The maximum atomic E-state index is 12.3. The van der Waals surface area contributed by atoms with Crippen LogP contribution in [0.4, 0.5) is 0 Å². The molecule has 146 valence electrons. The van der Waals surface area contributed by atoms with Crippen LogP contribution < -0.4 is 0 Å². The van der Waals surface area contributed by atoms with E-state index < -0.39 is 0 Å². The first-order valence-corrected chi connectivity index (χ1v) is 10.2. The van der Waals surface area contributed by atoms with Crippen molar-refractivity contribution >= 4 is 44.7 Å². The van der Waals surface area contributed by atoms with Gasteiger partial charge in [-0.2, -0.15) is 0 Å². The lowest BCUT2D eigenvalue weighted by Crippen LogP contribution is -2.27. The summed E-state index contributed by atoms with van der Waals surface area (Å²) in [6, 6.07) is 16.1. The Morgan fingerprint density at radius 2 is 1.79 bits per heavy atom. The van der Waals surface area contributed by atoms with Crippen LogP contribution in [0.1, 0.15) is 36.5 Å². The van der Waals surface area contributed by atoms with Crippen molar-refractivity contribution in [1.82, 2.24) is 14.5 Å². The van der Waals surface area contributed by atoms with Crippen LogP contribution in [0.2, 0.25) is 0 Å². The van der Waals surface area contributed by atoms with Crippen molar-refractivity contribution in [3.05, 3.63) is 54.1 Å². The summed E-state index contributed by atoms with van der Waals surface area (Å²) in [5, 5.41) is 1.98. The highest BCUT2D eigenvalue weighted by molar-refractivity contribution is 6.13. The Morgan fingerprint density at radius 1 is 1.00 bits per heavy atom. The van der Waals surface area contributed by atoms with Crippen LogP contribution in [-0.4, -0.2) is 39.4 Å². The van der Waals surface area contributed by atoms with Crippen LogP contribution in [0.3, 0.4) is 0 Å². The molecule has 0 bridgehead atoms. The quantitative estimate of drug-likeness (QED) is 0.520. The first-order valence-electron chi connectivity index (χ1n) is 10.2. The topological polar surface area (TPSA) is 55.2 Å². The van der Waals surface area contributed by atoms with Crippen molar-refractivity contribution in [2.75, 3.05) is 13.1 Å². The molecule has 0 aliphatic carbocycles. The van der Waals surface area contributed by atoms with Crippen LogP contribution in [0.15, 0.2) is 48.5 Å². The molecule has 0 unspecified atom stereocenters. The average molecular weight is 385 g/mol. The molecule has 1 aliphatic heterocycles. The van der Waals surface area contributed by atoms with Crippen LogP contribution in [0.5, 0.6) is 0 Å². The summed E-state index contributed by atoms with van der Waals surface area (Å²) in [4.78, 5) is 31.5. The molecule has 3 heterocycles. The summed E-state index contributed by atoms with van der Waals surface area (Å²) in [7, 11) is 0. The van der Waals surface area contributed by atoms with E-state index in [1.54, 1.807) is 11.5 Å². The molecule has 2 aromatic heterocycles. The standard InChI is InChI=1S/C24H23N3O2/c1-16(28)27-21-7-3-2-6-19(21)24-22(27)15-18-14-17(8-10-20(18)25-24)9-11-23(29)26-12-4-5-13-26/h2-3,6-8,10,14-15H,4-5,9,11-13H2,1H3. The fourth-order valence-electron chi connectivity index (χ4n) is 4.45. The second kappa shape index (κ2) is 6.99. The molecule has 1 amide bonds. The van der Waals surface area contributed by atoms with Crippen LogP contribution in [-0.2, 0) is 11.2 Å². The number of hydrogen-bond acceptors (Lipinski definition) is 3. The first kappa shape index (κ1) is 17.9. The third-order valence-corrected chi connectivity index (χ3v) is 5.90. The zero-order valence-electron chi connectivity index (χ0n) is 16.5. The van der Waals surface area contributed by atoms with Crippen molar-refractivity contribution in [3.63, 3.8) is 0 Å². The number of nitrogens with zero attached hydrogens (tertiary/aromatic N) is 3. The number of carbonyl (C=O) groups excluding carboxylic acids is 2. The highest BCUT2D eigenvalue weighted by Crippen LogP contribution is 2.30. The largest absolute Gasteiger partial charge is 0.343 e. The number of amides is 1. The molecule has 0 spiro atoms. The Labute approximate surface area is 168 Å². The summed E-state index contributed by atoms with van der Waals surface area (Å²) in [6.45, 7) is 3.37. The Morgan fingerprint density at radius 3 is 2.59 bits per heavy atom. The van der Waals surface area contributed by atoms with E-state index in [1.807, 2.05) is 41.3 Å². The molecule has 2 aromatic carbocycles. The fraction of sp³-hybridized carbons (Fsp3) is 0.292. The number of rotatable bonds is 3. The van der Waals surface area contributed by atoms with Gasteiger partial charge in [-0.1, -0.05) is 24.3 Å². The number of aromatic nitrogens is 2. The maximum Gasteiger partial charge on any atom is 0.228 e. The Kier molecular flexibility index (Phi) is 4.31. The van der Waals surface area contributed by atoms with Gasteiger partial charge in [0, 0.05) is 37.2 Å². The molecule has 1 fully saturated rings. The minimum absolute atomic E-state index is 0.0234. The molecule has 4 aromatic rings. The van der Waals surface area contributed by atoms with Gasteiger partial charge in [-0.3, -0.25) is 14.2 Å². The lowest BCUT2D eigenvalue weighted by molar-refractivity contribution is -0.130. The van der Waals surface area contributed by atoms with Gasteiger partial charge in [0.2, 0.25) is 11.8 Å². The summed E-state index contributed by atoms with van der Waals surface area (Å²) < 4.78 is 1.74. The zero-order chi connectivity index (χ0) is 20.0. The highest BCUT2D eigenvalue weighted by Gasteiger charge is 2.18. The number of carbonyl (C=O) groups is 2. The van der Waals surface area contributed by atoms with E-state index >= 15 is 0 Å². The van der Waals surface area contributed by atoms with Crippen molar-refractivity contribution in [3.8, 4) is 0 Å². The second-order valence-electron chi connectivity index (χ2n) is 7.84. The summed E-state index contributed by atoms with van der Waals surface area (Å²) >= 11 is 0. The second-order valence-corrected chi connectivity index (χ2v) is 7.84. The van der Waals surface area contributed by atoms with Crippen molar-refractivity contribution in [2.24, 2.45) is 0 Å². The average Bonchev–Trinajstić information content (AvgIpc) is 3.36. The smallest absolute Gasteiger partial charge is 0.228 e. The van der Waals surface area contributed by atoms with E-state index in [4.69, 9.17) is 4.98 Å². The van der Waals surface area contributed by atoms with Gasteiger partial charge in [0.15, 0.2) is 0 Å². The molecular formula is C24H23N3O2. The van der Waals surface area contributed by atoms with Crippen molar-refractivity contribution in [2.45, 2.75) is 32.6 Å². The van der Waals surface area contributed by atoms with E-state index in [1.165, 1.54) is 0 Å². The van der Waals surface area contributed by atoms with E-state index in [2.05, 4.69) is 12.1 Å². The van der Waals surface area contributed by atoms with E-state index in [0.717, 1.165) is 70.8 Å². The van der Waals surface area contributed by atoms with Gasteiger partial charge in [0.05, 0.1) is 22.1 Å². The molecule has 5 nitrogen and oxygen atoms in total. The first-order chi connectivity index (χ1) is 14.1. The monoisotopic (exact) mass is 385 g/mol.